The van der Waals surface area contributed by atoms with Crippen LogP contribution in [-0.4, -0.2) is 6.54 Å². The van der Waals surface area contributed by atoms with E-state index in [0.29, 0.717) is 0 Å². The van der Waals surface area contributed by atoms with Gasteiger partial charge in [0.2, 0.25) is 0 Å². The molecule has 2 aromatic rings. The van der Waals surface area contributed by atoms with E-state index in [-0.39, 0.29) is 0 Å². The van der Waals surface area contributed by atoms with Crippen molar-refractivity contribution >= 4 is 0 Å². The molecule has 3 rings (SSSR count). The average molecular weight is 213 g/mol. The largest absolute Gasteiger partial charge is 0.459 e. The van der Waals surface area contributed by atoms with Gasteiger partial charge in [-0.3, -0.25) is 0 Å². The Bertz CT molecular complexity index is 490. The van der Waals surface area contributed by atoms with Crippen LogP contribution in [0.4, 0.5) is 0 Å². The summed E-state index contributed by atoms with van der Waals surface area (Å²) in [5.74, 6) is 2.11. The molecule has 1 aliphatic heterocycles. The summed E-state index contributed by atoms with van der Waals surface area (Å²) in [6.45, 7) is 4.04. The zero-order valence-electron chi connectivity index (χ0n) is 9.42. The van der Waals surface area contributed by atoms with E-state index in [1.54, 1.807) is 0 Å². The van der Waals surface area contributed by atoms with E-state index >= 15 is 0 Å². The lowest BCUT2D eigenvalue weighted by Gasteiger charge is -2.09. The molecule has 1 aromatic heterocycles. The number of fused-ring (bicyclic) bond motifs is 1. The van der Waals surface area contributed by atoms with Crippen LogP contribution in [0.3, 0.4) is 0 Å². The minimum absolute atomic E-state index is 0.862. The van der Waals surface area contributed by atoms with E-state index < -0.39 is 0 Å². The van der Waals surface area contributed by atoms with Crippen LogP contribution in [0.15, 0.2) is 34.7 Å². The van der Waals surface area contributed by atoms with Gasteiger partial charge < -0.3 is 9.73 Å². The molecular weight excluding hydrogens is 198 g/mol. The number of benzene rings is 1. The molecule has 0 fully saturated rings. The SMILES string of the molecule is Cc1ccccc1-c1cc2c(o1)CNCC2. The first-order valence-corrected chi connectivity index (χ1v) is 5.73. The van der Waals surface area contributed by atoms with Crippen LogP contribution in [0.5, 0.6) is 0 Å². The van der Waals surface area contributed by atoms with Crippen molar-refractivity contribution in [2.45, 2.75) is 19.9 Å². The van der Waals surface area contributed by atoms with Crippen molar-refractivity contribution in [1.29, 1.82) is 0 Å². The predicted octanol–water partition coefficient (Wildman–Crippen LogP) is 2.90. The maximum absolute atomic E-state index is 5.91. The maximum atomic E-state index is 5.91. The number of furan rings is 1. The third-order valence-electron chi connectivity index (χ3n) is 3.16. The van der Waals surface area contributed by atoms with Gasteiger partial charge in [0.1, 0.15) is 11.5 Å². The molecular formula is C14H15NO. The Morgan fingerprint density at radius 3 is 2.94 bits per heavy atom. The molecule has 0 bridgehead atoms. The molecule has 0 spiro atoms. The molecule has 1 aromatic carbocycles. The van der Waals surface area contributed by atoms with Gasteiger partial charge in [0.05, 0.1) is 6.54 Å². The highest BCUT2D eigenvalue weighted by Crippen LogP contribution is 2.29. The number of rotatable bonds is 1. The Labute approximate surface area is 95.3 Å². The Morgan fingerprint density at radius 1 is 1.25 bits per heavy atom. The third-order valence-corrected chi connectivity index (χ3v) is 3.16. The fraction of sp³-hybridized carbons (Fsp3) is 0.286. The van der Waals surface area contributed by atoms with Crippen LogP contribution in [0, 0.1) is 6.92 Å². The van der Waals surface area contributed by atoms with Crippen LogP contribution in [0.2, 0.25) is 0 Å². The number of aryl methyl sites for hydroxylation is 1. The van der Waals surface area contributed by atoms with Gasteiger partial charge in [-0.25, -0.2) is 0 Å². The van der Waals surface area contributed by atoms with E-state index in [1.807, 2.05) is 0 Å². The number of hydrogen-bond acceptors (Lipinski definition) is 2. The second-order valence-corrected chi connectivity index (χ2v) is 4.30. The van der Waals surface area contributed by atoms with E-state index in [9.17, 15) is 0 Å². The van der Waals surface area contributed by atoms with Crippen molar-refractivity contribution in [3.63, 3.8) is 0 Å². The Hall–Kier alpha value is -1.54. The number of hydrogen-bond donors (Lipinski definition) is 1. The molecule has 0 aliphatic carbocycles. The quantitative estimate of drug-likeness (QED) is 0.788. The second-order valence-electron chi connectivity index (χ2n) is 4.30. The summed E-state index contributed by atoms with van der Waals surface area (Å²) in [4.78, 5) is 0. The maximum Gasteiger partial charge on any atom is 0.134 e. The molecule has 0 amide bonds. The minimum Gasteiger partial charge on any atom is -0.459 e. The predicted molar refractivity (Wildman–Crippen MR) is 64.3 cm³/mol. The van der Waals surface area contributed by atoms with Gasteiger partial charge in [0.25, 0.3) is 0 Å². The van der Waals surface area contributed by atoms with Crippen molar-refractivity contribution in [3.8, 4) is 11.3 Å². The zero-order chi connectivity index (χ0) is 11.0. The fourth-order valence-corrected chi connectivity index (χ4v) is 2.23. The monoisotopic (exact) mass is 213 g/mol. The van der Waals surface area contributed by atoms with Crippen molar-refractivity contribution in [1.82, 2.24) is 5.32 Å². The molecule has 16 heavy (non-hydrogen) atoms. The smallest absolute Gasteiger partial charge is 0.134 e. The average Bonchev–Trinajstić information content (AvgIpc) is 2.73. The van der Waals surface area contributed by atoms with Crippen LogP contribution in [-0.2, 0) is 13.0 Å². The first-order valence-electron chi connectivity index (χ1n) is 5.73. The summed E-state index contributed by atoms with van der Waals surface area (Å²) in [6.07, 6.45) is 1.07. The van der Waals surface area contributed by atoms with Gasteiger partial charge in [0, 0.05) is 5.56 Å². The van der Waals surface area contributed by atoms with E-state index in [1.165, 1.54) is 16.7 Å². The van der Waals surface area contributed by atoms with E-state index in [2.05, 4.69) is 42.6 Å². The van der Waals surface area contributed by atoms with Crippen LogP contribution < -0.4 is 5.32 Å². The first kappa shape index (κ1) is 9.67. The van der Waals surface area contributed by atoms with Crippen LogP contribution in [0.1, 0.15) is 16.9 Å². The summed E-state index contributed by atoms with van der Waals surface area (Å²) in [5.41, 5.74) is 3.83. The lowest BCUT2D eigenvalue weighted by atomic mass is 10.0. The van der Waals surface area contributed by atoms with Crippen LogP contribution in [0.25, 0.3) is 11.3 Å². The Balaban J connectivity index is 2.07. The van der Waals surface area contributed by atoms with Crippen molar-refractivity contribution in [2.75, 3.05) is 6.54 Å². The highest BCUT2D eigenvalue weighted by molar-refractivity contribution is 5.63. The molecule has 1 aliphatic rings. The molecule has 1 N–H and O–H groups in total. The van der Waals surface area contributed by atoms with E-state index in [4.69, 9.17) is 4.42 Å². The molecule has 82 valence electrons. The molecule has 2 heterocycles. The molecule has 2 nitrogen and oxygen atoms in total. The molecule has 0 unspecified atom stereocenters. The summed E-state index contributed by atoms with van der Waals surface area (Å²) in [7, 11) is 0. The first-order chi connectivity index (χ1) is 7.84. The topological polar surface area (TPSA) is 25.2 Å². The lowest BCUT2D eigenvalue weighted by Crippen LogP contribution is -2.22. The van der Waals surface area contributed by atoms with Gasteiger partial charge >= 0.3 is 0 Å². The van der Waals surface area contributed by atoms with Gasteiger partial charge in [-0.05, 0) is 37.1 Å². The molecule has 0 saturated heterocycles. The third kappa shape index (κ3) is 1.55. The number of nitrogens with one attached hydrogen (secondary N) is 1. The lowest BCUT2D eigenvalue weighted by molar-refractivity contribution is 0.472. The van der Waals surface area contributed by atoms with Gasteiger partial charge in [-0.2, -0.15) is 0 Å². The summed E-state index contributed by atoms with van der Waals surface area (Å²) in [5, 5.41) is 3.33. The van der Waals surface area contributed by atoms with Crippen molar-refractivity contribution < 1.29 is 4.42 Å². The Morgan fingerprint density at radius 2 is 2.12 bits per heavy atom. The molecule has 2 heteroatoms. The zero-order valence-corrected chi connectivity index (χ0v) is 9.42. The fourth-order valence-electron chi connectivity index (χ4n) is 2.23. The minimum atomic E-state index is 0.862. The van der Waals surface area contributed by atoms with Gasteiger partial charge in [0.15, 0.2) is 0 Å². The molecule has 0 saturated carbocycles. The summed E-state index contributed by atoms with van der Waals surface area (Å²) >= 11 is 0. The Kier molecular flexibility index (Phi) is 2.29. The van der Waals surface area contributed by atoms with E-state index in [0.717, 1.165) is 31.0 Å². The van der Waals surface area contributed by atoms with Crippen molar-refractivity contribution in [3.05, 3.63) is 47.2 Å². The molecule has 0 atom stereocenters. The summed E-state index contributed by atoms with van der Waals surface area (Å²) < 4.78 is 5.91. The highest BCUT2D eigenvalue weighted by atomic mass is 16.3. The molecule has 0 radical (unpaired) electrons. The highest BCUT2D eigenvalue weighted by Gasteiger charge is 2.16. The normalized spacial score (nSPS) is 14.8. The van der Waals surface area contributed by atoms with Crippen molar-refractivity contribution in [2.24, 2.45) is 0 Å². The van der Waals surface area contributed by atoms with Gasteiger partial charge in [-0.15, -0.1) is 0 Å². The summed E-state index contributed by atoms with van der Waals surface area (Å²) in [6, 6.07) is 10.5. The second kappa shape index (κ2) is 3.80. The standard InChI is InChI=1S/C14H15NO/c1-10-4-2-3-5-12(10)13-8-11-6-7-15-9-14(11)16-13/h2-5,8,15H,6-7,9H2,1H3. The van der Waals surface area contributed by atoms with Crippen LogP contribution >= 0.6 is 0 Å². The van der Waals surface area contributed by atoms with Gasteiger partial charge in [-0.1, -0.05) is 24.3 Å².